The van der Waals surface area contributed by atoms with Gasteiger partial charge in [0.2, 0.25) is 11.6 Å². The number of benzene rings is 2. The lowest BCUT2D eigenvalue weighted by Crippen LogP contribution is -2.20. The lowest BCUT2D eigenvalue weighted by Gasteiger charge is -2.11. The molecule has 0 aliphatic carbocycles. The van der Waals surface area contributed by atoms with E-state index in [0.717, 1.165) is 0 Å². The van der Waals surface area contributed by atoms with E-state index in [1.165, 1.54) is 0 Å². The predicted molar refractivity (Wildman–Crippen MR) is 63.0 cm³/mol. The molecule has 25 heavy (non-hydrogen) atoms. The molecule has 2 rings (SSSR count). The van der Waals surface area contributed by atoms with Crippen LogP contribution in [0.4, 0.5) is 43.9 Å². The van der Waals surface area contributed by atoms with Gasteiger partial charge in [-0.05, 0) is 0 Å². The highest BCUT2D eigenvalue weighted by Crippen LogP contribution is 2.25. The van der Waals surface area contributed by atoms with E-state index >= 15 is 0 Å². The average Bonchev–Trinajstić information content (AvgIpc) is 2.60. The molecule has 11 heteroatoms. The topological polar surface area (TPSA) is 12.0 Å². The zero-order chi connectivity index (χ0) is 19.0. The summed E-state index contributed by atoms with van der Waals surface area (Å²) in [6, 6.07) is 0. The Balaban J connectivity index is 2.29. The molecule has 0 bridgehead atoms. The minimum atomic E-state index is -2.40. The van der Waals surface area contributed by atoms with Gasteiger partial charge in [0.05, 0.1) is 0 Å². The van der Waals surface area contributed by atoms with Gasteiger partial charge in [0.15, 0.2) is 46.5 Å². The maximum atomic E-state index is 13.4. The van der Waals surface area contributed by atoms with Gasteiger partial charge < -0.3 is 5.32 Å². The zero-order valence-electron chi connectivity index (χ0n) is 11.7. The van der Waals surface area contributed by atoms with Crippen molar-refractivity contribution < 1.29 is 43.9 Å². The van der Waals surface area contributed by atoms with Gasteiger partial charge in [-0.15, -0.1) is 0 Å². The summed E-state index contributed by atoms with van der Waals surface area (Å²) < 4.78 is 131. The summed E-state index contributed by atoms with van der Waals surface area (Å²) >= 11 is 0. The Bertz CT molecular complexity index is 721. The summed E-state index contributed by atoms with van der Waals surface area (Å²) in [4.78, 5) is 0. The normalized spacial score (nSPS) is 11.3. The summed E-state index contributed by atoms with van der Waals surface area (Å²) in [5.41, 5.74) is -2.72. The summed E-state index contributed by atoms with van der Waals surface area (Å²) in [6.07, 6.45) is 0. The van der Waals surface area contributed by atoms with Crippen LogP contribution in [0.2, 0.25) is 0 Å². The van der Waals surface area contributed by atoms with Crippen molar-refractivity contribution in [1.29, 1.82) is 0 Å². The van der Waals surface area contributed by atoms with Crippen LogP contribution in [0.1, 0.15) is 11.1 Å². The van der Waals surface area contributed by atoms with Crippen LogP contribution < -0.4 is 5.32 Å². The third-order valence-corrected chi connectivity index (χ3v) is 3.20. The molecule has 0 spiro atoms. The minimum Gasteiger partial charge on any atom is -0.308 e. The predicted octanol–water partition coefficient (Wildman–Crippen LogP) is 4.37. The van der Waals surface area contributed by atoms with Gasteiger partial charge in [-0.3, -0.25) is 0 Å². The summed E-state index contributed by atoms with van der Waals surface area (Å²) in [5.74, 6) is -22.6. The monoisotopic (exact) mass is 377 g/mol. The second-order valence-electron chi connectivity index (χ2n) is 4.70. The van der Waals surface area contributed by atoms with Crippen molar-refractivity contribution in [1.82, 2.24) is 5.32 Å². The quantitative estimate of drug-likeness (QED) is 0.474. The highest BCUT2D eigenvalue weighted by atomic mass is 19.2. The van der Waals surface area contributed by atoms with E-state index in [4.69, 9.17) is 0 Å². The second-order valence-corrected chi connectivity index (χ2v) is 4.70. The lowest BCUT2D eigenvalue weighted by atomic mass is 10.1. The first-order chi connectivity index (χ1) is 11.6. The maximum Gasteiger partial charge on any atom is 0.200 e. The van der Waals surface area contributed by atoms with Crippen LogP contribution >= 0.6 is 0 Å². The van der Waals surface area contributed by atoms with E-state index in [9.17, 15) is 43.9 Å². The Hall–Kier alpha value is -2.30. The average molecular weight is 377 g/mol. The van der Waals surface area contributed by atoms with Gasteiger partial charge in [-0.1, -0.05) is 0 Å². The van der Waals surface area contributed by atoms with Crippen molar-refractivity contribution in [3.05, 3.63) is 69.3 Å². The largest absolute Gasteiger partial charge is 0.308 e. The van der Waals surface area contributed by atoms with Gasteiger partial charge in [0, 0.05) is 24.2 Å². The number of nitrogens with one attached hydrogen (secondary N) is 1. The molecule has 0 amide bonds. The molecule has 0 aliphatic heterocycles. The molecule has 136 valence electrons. The van der Waals surface area contributed by atoms with E-state index in [0.29, 0.717) is 0 Å². The van der Waals surface area contributed by atoms with Crippen LogP contribution in [0.3, 0.4) is 0 Å². The van der Waals surface area contributed by atoms with E-state index in [2.05, 4.69) is 0 Å². The molecule has 0 saturated heterocycles. The minimum absolute atomic E-state index is 1.13. The van der Waals surface area contributed by atoms with Crippen molar-refractivity contribution in [2.75, 3.05) is 0 Å². The fourth-order valence-corrected chi connectivity index (χ4v) is 1.92. The third kappa shape index (κ3) is 3.15. The van der Waals surface area contributed by atoms with Crippen molar-refractivity contribution in [3.8, 4) is 0 Å². The van der Waals surface area contributed by atoms with Crippen LogP contribution in [-0.4, -0.2) is 0 Å². The molecular formula is C14H5F10N. The van der Waals surface area contributed by atoms with Gasteiger partial charge >= 0.3 is 0 Å². The fraction of sp³-hybridized carbons (Fsp3) is 0.143. The van der Waals surface area contributed by atoms with Crippen molar-refractivity contribution in [2.45, 2.75) is 13.1 Å². The zero-order valence-corrected chi connectivity index (χ0v) is 11.7. The Morgan fingerprint density at radius 3 is 0.800 bits per heavy atom. The molecule has 0 unspecified atom stereocenters. The van der Waals surface area contributed by atoms with Crippen LogP contribution in [0.25, 0.3) is 0 Å². The number of halogens is 10. The van der Waals surface area contributed by atoms with Gasteiger partial charge in [0.25, 0.3) is 0 Å². The summed E-state index contributed by atoms with van der Waals surface area (Å²) in [5, 5.41) is 1.86. The summed E-state index contributed by atoms with van der Waals surface area (Å²) in [6.45, 7) is -2.27. The first-order valence-corrected chi connectivity index (χ1v) is 6.30. The van der Waals surface area contributed by atoms with Crippen molar-refractivity contribution >= 4 is 0 Å². The van der Waals surface area contributed by atoms with Crippen LogP contribution in [0.5, 0.6) is 0 Å². The highest BCUT2D eigenvalue weighted by Gasteiger charge is 2.27. The Labute approximate surface area is 132 Å². The van der Waals surface area contributed by atoms with Crippen LogP contribution in [0, 0.1) is 58.2 Å². The number of rotatable bonds is 4. The highest BCUT2D eigenvalue weighted by molar-refractivity contribution is 5.26. The molecule has 0 atom stereocenters. The number of hydrogen-bond donors (Lipinski definition) is 1. The van der Waals surface area contributed by atoms with Gasteiger partial charge in [0.1, 0.15) is 0 Å². The first kappa shape index (κ1) is 19.0. The van der Waals surface area contributed by atoms with E-state index in [1.54, 1.807) is 0 Å². The molecule has 0 heterocycles. The molecule has 1 N–H and O–H groups in total. The molecule has 2 aromatic rings. The smallest absolute Gasteiger partial charge is 0.200 e. The number of hydrogen-bond acceptors (Lipinski definition) is 1. The van der Waals surface area contributed by atoms with Crippen LogP contribution in [0.15, 0.2) is 0 Å². The molecule has 2 aromatic carbocycles. The maximum absolute atomic E-state index is 13.4. The molecule has 0 fully saturated rings. The molecule has 0 aromatic heterocycles. The summed E-state index contributed by atoms with van der Waals surface area (Å²) in [7, 11) is 0. The van der Waals surface area contributed by atoms with E-state index in [1.807, 2.05) is 5.32 Å². The van der Waals surface area contributed by atoms with E-state index < -0.39 is 82.4 Å². The van der Waals surface area contributed by atoms with Crippen molar-refractivity contribution in [3.63, 3.8) is 0 Å². The van der Waals surface area contributed by atoms with Crippen molar-refractivity contribution in [2.24, 2.45) is 0 Å². The Kier molecular flexibility index (Phi) is 5.26. The molecule has 1 nitrogen and oxygen atoms in total. The third-order valence-electron chi connectivity index (χ3n) is 3.20. The lowest BCUT2D eigenvalue weighted by molar-refractivity contribution is 0.361. The van der Waals surface area contributed by atoms with Crippen LogP contribution in [-0.2, 0) is 13.1 Å². The second kappa shape index (κ2) is 6.90. The van der Waals surface area contributed by atoms with Gasteiger partial charge in [-0.2, -0.15) is 0 Å². The van der Waals surface area contributed by atoms with E-state index in [-0.39, 0.29) is 0 Å². The molecular weight excluding hydrogens is 372 g/mol. The van der Waals surface area contributed by atoms with Gasteiger partial charge in [-0.25, -0.2) is 43.9 Å². The molecule has 0 aliphatic rings. The SMILES string of the molecule is Fc1c(F)c(F)c(CNCc2c(F)c(F)c(F)c(F)c2F)c(F)c1F. The Morgan fingerprint density at radius 2 is 0.560 bits per heavy atom. The Morgan fingerprint density at radius 1 is 0.360 bits per heavy atom. The molecule has 0 saturated carbocycles. The fourth-order valence-electron chi connectivity index (χ4n) is 1.92. The molecule has 0 radical (unpaired) electrons. The first-order valence-electron chi connectivity index (χ1n) is 6.30. The standard InChI is InChI=1S/C14H5F10N/c15-5-3(6(16)10(20)13(23)9(5)19)1-25-2-4-7(17)11(21)14(24)12(22)8(4)18/h25H,1-2H2.